The summed E-state index contributed by atoms with van der Waals surface area (Å²) in [5.74, 6) is 0.420. The quantitative estimate of drug-likeness (QED) is 0.413. The summed E-state index contributed by atoms with van der Waals surface area (Å²) in [5.41, 5.74) is 1.43. The highest BCUT2D eigenvalue weighted by molar-refractivity contribution is 7.19. The van der Waals surface area contributed by atoms with E-state index in [1.54, 1.807) is 25.2 Å². The highest BCUT2D eigenvalue weighted by atomic mass is 32.1. The smallest absolute Gasteiger partial charge is 0.308 e. The first-order valence-corrected chi connectivity index (χ1v) is 9.80. The molecule has 0 aliphatic carbocycles. The van der Waals surface area contributed by atoms with Crippen molar-refractivity contribution in [1.82, 2.24) is 19.7 Å². The number of nitrogens with zero attached hydrogens (tertiary/aromatic N) is 4. The third-order valence-electron chi connectivity index (χ3n) is 4.32. The SMILES string of the molecule is Cc1ccc(-c2csc3nc(Cn4nc(C)c([N+](=O)[O-])c4C)[nH]c(=O)c23)s1. The number of nitrogens with one attached hydrogen (secondary N) is 1. The van der Waals surface area contributed by atoms with Crippen molar-refractivity contribution >= 4 is 38.6 Å². The van der Waals surface area contributed by atoms with Gasteiger partial charge in [-0.2, -0.15) is 5.10 Å². The van der Waals surface area contributed by atoms with Crippen molar-refractivity contribution in [3.63, 3.8) is 0 Å². The van der Waals surface area contributed by atoms with Gasteiger partial charge in [0.2, 0.25) is 0 Å². The number of hydrogen-bond donors (Lipinski definition) is 1. The van der Waals surface area contributed by atoms with E-state index in [0.29, 0.717) is 27.4 Å². The minimum Gasteiger partial charge on any atom is -0.308 e. The van der Waals surface area contributed by atoms with Crippen molar-refractivity contribution in [2.45, 2.75) is 27.3 Å². The summed E-state index contributed by atoms with van der Waals surface area (Å²) in [5, 5.41) is 17.9. The molecule has 0 unspecified atom stereocenters. The van der Waals surface area contributed by atoms with Crippen LogP contribution >= 0.6 is 22.7 Å². The second kappa shape index (κ2) is 6.39. The van der Waals surface area contributed by atoms with Gasteiger partial charge in [0.25, 0.3) is 5.56 Å². The van der Waals surface area contributed by atoms with Gasteiger partial charge in [0.05, 0.1) is 16.9 Å². The molecule has 0 amide bonds. The molecule has 0 aromatic carbocycles. The number of thiophene rings is 2. The Morgan fingerprint density at radius 3 is 2.70 bits per heavy atom. The molecule has 0 fully saturated rings. The lowest BCUT2D eigenvalue weighted by molar-refractivity contribution is -0.386. The minimum absolute atomic E-state index is 0.00935. The lowest BCUT2D eigenvalue weighted by Gasteiger charge is -2.04. The van der Waals surface area contributed by atoms with Crippen LogP contribution in [0.1, 0.15) is 22.1 Å². The predicted octanol–water partition coefficient (Wildman–Crippen LogP) is 3.79. The number of nitro groups is 1. The molecule has 4 rings (SSSR count). The Balaban J connectivity index is 1.76. The van der Waals surface area contributed by atoms with E-state index in [2.05, 4.69) is 15.1 Å². The molecule has 0 saturated heterocycles. The van der Waals surface area contributed by atoms with Crippen molar-refractivity contribution < 1.29 is 4.92 Å². The molecule has 8 nitrogen and oxygen atoms in total. The average molecular weight is 401 g/mol. The Morgan fingerprint density at radius 2 is 2.07 bits per heavy atom. The van der Waals surface area contributed by atoms with Gasteiger partial charge in [-0.05, 0) is 32.9 Å². The van der Waals surface area contributed by atoms with Crippen molar-refractivity contribution in [1.29, 1.82) is 0 Å². The van der Waals surface area contributed by atoms with E-state index >= 15 is 0 Å². The van der Waals surface area contributed by atoms with Crippen LogP contribution in [0, 0.1) is 30.9 Å². The van der Waals surface area contributed by atoms with E-state index < -0.39 is 4.92 Å². The van der Waals surface area contributed by atoms with Gasteiger partial charge < -0.3 is 4.98 Å². The Bertz CT molecular complexity index is 1250. The van der Waals surface area contributed by atoms with Gasteiger partial charge in [0, 0.05) is 20.7 Å². The first kappa shape index (κ1) is 17.6. The Hall–Kier alpha value is -2.85. The molecule has 0 radical (unpaired) electrons. The topological polar surface area (TPSA) is 107 Å². The van der Waals surface area contributed by atoms with Gasteiger partial charge in [-0.3, -0.25) is 19.6 Å². The molecule has 138 valence electrons. The zero-order valence-electron chi connectivity index (χ0n) is 14.8. The summed E-state index contributed by atoms with van der Waals surface area (Å²) < 4.78 is 1.49. The van der Waals surface area contributed by atoms with E-state index in [0.717, 1.165) is 10.4 Å². The number of fused-ring (bicyclic) bond motifs is 1. The van der Waals surface area contributed by atoms with Crippen molar-refractivity contribution in [2.24, 2.45) is 0 Å². The van der Waals surface area contributed by atoms with Gasteiger partial charge in [-0.1, -0.05) is 0 Å². The molecule has 4 aromatic heterocycles. The predicted molar refractivity (Wildman–Crippen MR) is 106 cm³/mol. The highest BCUT2D eigenvalue weighted by Gasteiger charge is 2.22. The maximum absolute atomic E-state index is 12.7. The van der Waals surface area contributed by atoms with Crippen LogP contribution in [0.2, 0.25) is 0 Å². The molecule has 0 bridgehead atoms. The fourth-order valence-corrected chi connectivity index (χ4v) is 5.00. The Kier molecular flexibility index (Phi) is 4.16. The van der Waals surface area contributed by atoms with Crippen LogP contribution in [-0.2, 0) is 6.54 Å². The van der Waals surface area contributed by atoms with Crippen LogP contribution in [0.4, 0.5) is 5.69 Å². The third-order valence-corrected chi connectivity index (χ3v) is 6.23. The van der Waals surface area contributed by atoms with Crippen LogP contribution in [0.3, 0.4) is 0 Å². The van der Waals surface area contributed by atoms with Gasteiger partial charge in [0.1, 0.15) is 22.0 Å². The monoisotopic (exact) mass is 401 g/mol. The number of aryl methyl sites for hydroxylation is 2. The summed E-state index contributed by atoms with van der Waals surface area (Å²) in [4.78, 5) is 33.6. The fraction of sp³-hybridized carbons (Fsp3) is 0.235. The van der Waals surface area contributed by atoms with Crippen LogP contribution in [0.5, 0.6) is 0 Å². The molecule has 0 aliphatic rings. The molecule has 0 spiro atoms. The normalized spacial score (nSPS) is 11.4. The lowest BCUT2D eigenvalue weighted by Crippen LogP contribution is -2.15. The standard InChI is InChI=1S/C17H15N5O3S2/c1-8-4-5-12(27-8)11-7-26-17-14(11)16(23)18-13(19-17)6-21-10(3)15(22(24)25)9(2)20-21/h4-5,7H,6H2,1-3H3,(H,18,19,23). The lowest BCUT2D eigenvalue weighted by atomic mass is 10.2. The van der Waals surface area contributed by atoms with E-state index in [4.69, 9.17) is 0 Å². The van der Waals surface area contributed by atoms with Gasteiger partial charge in [0.15, 0.2) is 0 Å². The highest BCUT2D eigenvalue weighted by Crippen LogP contribution is 2.35. The summed E-state index contributed by atoms with van der Waals surface area (Å²) in [6, 6.07) is 4.03. The first-order chi connectivity index (χ1) is 12.8. The summed E-state index contributed by atoms with van der Waals surface area (Å²) >= 11 is 3.05. The van der Waals surface area contributed by atoms with Crippen molar-refractivity contribution in [3.8, 4) is 10.4 Å². The summed E-state index contributed by atoms with van der Waals surface area (Å²) in [6.45, 7) is 5.42. The molecule has 0 saturated carbocycles. The fourth-order valence-electron chi connectivity index (χ4n) is 3.08. The third kappa shape index (κ3) is 2.96. The van der Waals surface area contributed by atoms with Gasteiger partial charge in [-0.25, -0.2) is 4.98 Å². The Labute approximate surface area is 161 Å². The second-order valence-electron chi connectivity index (χ2n) is 6.19. The number of aromatic amines is 1. The largest absolute Gasteiger partial charge is 0.312 e. The average Bonchev–Trinajstić information content (AvgIpc) is 3.26. The summed E-state index contributed by atoms with van der Waals surface area (Å²) in [6.07, 6.45) is 0. The maximum atomic E-state index is 12.7. The molecule has 1 N–H and O–H groups in total. The van der Waals surface area contributed by atoms with E-state index in [1.165, 1.54) is 20.9 Å². The Morgan fingerprint density at radius 1 is 1.30 bits per heavy atom. The number of H-pyrrole nitrogens is 1. The van der Waals surface area contributed by atoms with Crippen LogP contribution in [-0.4, -0.2) is 24.7 Å². The van der Waals surface area contributed by atoms with E-state index in [-0.39, 0.29) is 17.8 Å². The van der Waals surface area contributed by atoms with Crippen LogP contribution < -0.4 is 5.56 Å². The van der Waals surface area contributed by atoms with Crippen LogP contribution in [0.15, 0.2) is 22.3 Å². The second-order valence-corrected chi connectivity index (χ2v) is 8.33. The van der Waals surface area contributed by atoms with Crippen LogP contribution in [0.25, 0.3) is 20.7 Å². The molecular formula is C17H15N5O3S2. The molecule has 4 aromatic rings. The molecule has 27 heavy (non-hydrogen) atoms. The van der Waals surface area contributed by atoms with E-state index in [9.17, 15) is 14.9 Å². The number of rotatable bonds is 4. The zero-order valence-corrected chi connectivity index (χ0v) is 16.4. The van der Waals surface area contributed by atoms with Gasteiger partial charge in [-0.15, -0.1) is 22.7 Å². The maximum Gasteiger partial charge on any atom is 0.312 e. The molecule has 0 aliphatic heterocycles. The molecule has 0 atom stereocenters. The zero-order chi connectivity index (χ0) is 19.3. The molecule has 4 heterocycles. The van der Waals surface area contributed by atoms with Gasteiger partial charge >= 0.3 is 5.69 Å². The van der Waals surface area contributed by atoms with Crippen molar-refractivity contribution in [2.75, 3.05) is 0 Å². The number of aromatic nitrogens is 4. The van der Waals surface area contributed by atoms with E-state index in [1.807, 2.05) is 24.4 Å². The first-order valence-electron chi connectivity index (χ1n) is 8.10. The van der Waals surface area contributed by atoms with Crippen molar-refractivity contribution in [3.05, 3.63) is 60.1 Å². The number of hydrogen-bond acceptors (Lipinski definition) is 7. The summed E-state index contributed by atoms with van der Waals surface area (Å²) in [7, 11) is 0. The molecule has 10 heteroatoms. The minimum atomic E-state index is -0.442. The molecular weight excluding hydrogens is 386 g/mol.